The fourth-order valence-electron chi connectivity index (χ4n) is 1.71. The number of rotatable bonds is 2. The molecule has 0 fully saturated rings. The Balaban J connectivity index is 2.71. The van der Waals surface area contributed by atoms with Gasteiger partial charge in [-0.1, -0.05) is 23.2 Å². The predicted molar refractivity (Wildman–Crippen MR) is 71.4 cm³/mol. The van der Waals surface area contributed by atoms with Gasteiger partial charge in [0.2, 0.25) is 0 Å². The van der Waals surface area contributed by atoms with Crippen LogP contribution in [-0.2, 0) is 0 Å². The van der Waals surface area contributed by atoms with Crippen molar-refractivity contribution >= 4 is 29.2 Å². The van der Waals surface area contributed by atoms with Crippen LogP contribution in [0.3, 0.4) is 0 Å². The van der Waals surface area contributed by atoms with Crippen LogP contribution in [0.25, 0.3) is 11.3 Å². The standard InChI is InChI=1S/C13H9Cl2NO2/c1-7-4-5-16-12(11(7)13(17)18)9-3-2-8(14)6-10(9)15/h2-6H,1H3,(H,17,18). The average Bonchev–Trinajstić information content (AvgIpc) is 2.28. The van der Waals surface area contributed by atoms with E-state index in [2.05, 4.69) is 4.98 Å². The highest BCUT2D eigenvalue weighted by atomic mass is 35.5. The number of aryl methyl sites for hydroxylation is 1. The van der Waals surface area contributed by atoms with Gasteiger partial charge in [-0.25, -0.2) is 4.79 Å². The van der Waals surface area contributed by atoms with Crippen LogP contribution in [0.1, 0.15) is 15.9 Å². The van der Waals surface area contributed by atoms with Crippen LogP contribution >= 0.6 is 23.2 Å². The lowest BCUT2D eigenvalue weighted by Crippen LogP contribution is -2.04. The molecule has 0 aliphatic rings. The number of benzene rings is 1. The second-order valence-corrected chi connectivity index (χ2v) is 4.62. The Bertz CT molecular complexity index is 626. The minimum absolute atomic E-state index is 0.154. The van der Waals surface area contributed by atoms with Crippen molar-refractivity contribution in [2.24, 2.45) is 0 Å². The monoisotopic (exact) mass is 281 g/mol. The van der Waals surface area contributed by atoms with Crippen molar-refractivity contribution in [3.05, 3.63) is 51.6 Å². The zero-order valence-corrected chi connectivity index (χ0v) is 11.0. The fraction of sp³-hybridized carbons (Fsp3) is 0.0769. The van der Waals surface area contributed by atoms with Crippen molar-refractivity contribution in [3.8, 4) is 11.3 Å². The molecule has 0 aliphatic heterocycles. The third-order valence-corrected chi connectivity index (χ3v) is 3.11. The molecule has 0 amide bonds. The summed E-state index contributed by atoms with van der Waals surface area (Å²) in [5.41, 5.74) is 1.70. The van der Waals surface area contributed by atoms with Crippen LogP contribution in [0.4, 0.5) is 0 Å². The summed E-state index contributed by atoms with van der Waals surface area (Å²) in [7, 11) is 0. The number of carboxylic acids is 1. The van der Waals surface area contributed by atoms with Gasteiger partial charge in [0.1, 0.15) is 0 Å². The predicted octanol–water partition coefficient (Wildman–Crippen LogP) is 4.06. The summed E-state index contributed by atoms with van der Waals surface area (Å²) in [6.07, 6.45) is 1.56. The van der Waals surface area contributed by atoms with E-state index in [4.69, 9.17) is 23.2 Å². The van der Waals surface area contributed by atoms with E-state index in [0.29, 0.717) is 26.9 Å². The van der Waals surface area contributed by atoms with E-state index in [1.165, 1.54) is 0 Å². The van der Waals surface area contributed by atoms with Gasteiger partial charge >= 0.3 is 5.97 Å². The van der Waals surface area contributed by atoms with E-state index in [9.17, 15) is 9.90 Å². The van der Waals surface area contributed by atoms with E-state index in [0.717, 1.165) is 0 Å². The van der Waals surface area contributed by atoms with E-state index in [1.54, 1.807) is 37.4 Å². The Morgan fingerprint density at radius 3 is 2.61 bits per heavy atom. The molecule has 0 atom stereocenters. The quantitative estimate of drug-likeness (QED) is 0.903. The molecule has 18 heavy (non-hydrogen) atoms. The number of halogens is 2. The van der Waals surface area contributed by atoms with Gasteiger partial charge in [-0.05, 0) is 36.8 Å². The molecule has 0 spiro atoms. The topological polar surface area (TPSA) is 50.2 Å². The molecule has 2 rings (SSSR count). The highest BCUT2D eigenvalue weighted by Crippen LogP contribution is 2.32. The third-order valence-electron chi connectivity index (χ3n) is 2.56. The Labute approximate surface area is 114 Å². The van der Waals surface area contributed by atoms with E-state index < -0.39 is 5.97 Å². The minimum atomic E-state index is -1.03. The smallest absolute Gasteiger partial charge is 0.338 e. The van der Waals surface area contributed by atoms with Crippen molar-refractivity contribution in [1.82, 2.24) is 4.98 Å². The minimum Gasteiger partial charge on any atom is -0.478 e. The fourth-order valence-corrected chi connectivity index (χ4v) is 2.21. The molecule has 92 valence electrons. The van der Waals surface area contributed by atoms with Crippen molar-refractivity contribution in [2.45, 2.75) is 6.92 Å². The first kappa shape index (κ1) is 12.9. The average molecular weight is 282 g/mol. The highest BCUT2D eigenvalue weighted by molar-refractivity contribution is 6.36. The molecule has 0 aliphatic carbocycles. The van der Waals surface area contributed by atoms with Gasteiger partial charge in [-0.2, -0.15) is 0 Å². The van der Waals surface area contributed by atoms with Gasteiger partial charge in [0.25, 0.3) is 0 Å². The van der Waals surface area contributed by atoms with E-state index in [-0.39, 0.29) is 5.56 Å². The first-order chi connectivity index (χ1) is 8.50. The number of hydrogen-bond acceptors (Lipinski definition) is 2. The maximum Gasteiger partial charge on any atom is 0.338 e. The van der Waals surface area contributed by atoms with Crippen LogP contribution in [0.5, 0.6) is 0 Å². The zero-order chi connectivity index (χ0) is 13.3. The van der Waals surface area contributed by atoms with E-state index >= 15 is 0 Å². The zero-order valence-electron chi connectivity index (χ0n) is 9.45. The van der Waals surface area contributed by atoms with Gasteiger partial charge in [0.05, 0.1) is 16.3 Å². The Morgan fingerprint density at radius 2 is 2.00 bits per heavy atom. The lowest BCUT2D eigenvalue weighted by molar-refractivity contribution is 0.0696. The second kappa shape index (κ2) is 4.96. The molecule has 1 aromatic heterocycles. The molecule has 0 radical (unpaired) electrons. The summed E-state index contributed by atoms with van der Waals surface area (Å²) in [6.45, 7) is 1.72. The number of carboxylic acid groups (broad SMARTS) is 1. The Morgan fingerprint density at radius 1 is 1.28 bits per heavy atom. The normalized spacial score (nSPS) is 10.4. The second-order valence-electron chi connectivity index (χ2n) is 3.78. The summed E-state index contributed by atoms with van der Waals surface area (Å²) < 4.78 is 0. The number of carbonyl (C=O) groups is 1. The van der Waals surface area contributed by atoms with Crippen LogP contribution in [0.15, 0.2) is 30.5 Å². The lowest BCUT2D eigenvalue weighted by Gasteiger charge is -2.09. The van der Waals surface area contributed by atoms with Crippen molar-refractivity contribution in [1.29, 1.82) is 0 Å². The molecular formula is C13H9Cl2NO2. The number of aromatic nitrogens is 1. The molecule has 2 aromatic rings. The van der Waals surface area contributed by atoms with Gasteiger partial charge < -0.3 is 5.11 Å². The molecular weight excluding hydrogens is 273 g/mol. The van der Waals surface area contributed by atoms with Crippen LogP contribution in [-0.4, -0.2) is 16.1 Å². The lowest BCUT2D eigenvalue weighted by atomic mass is 10.0. The molecule has 0 saturated heterocycles. The molecule has 1 heterocycles. The van der Waals surface area contributed by atoms with Gasteiger partial charge in [-0.3, -0.25) is 4.98 Å². The van der Waals surface area contributed by atoms with E-state index in [1.807, 2.05) is 0 Å². The summed E-state index contributed by atoms with van der Waals surface area (Å²) in [6, 6.07) is 6.53. The Kier molecular flexibility index (Phi) is 3.55. The molecule has 5 heteroatoms. The van der Waals surface area contributed by atoms with Crippen LogP contribution < -0.4 is 0 Å². The maximum absolute atomic E-state index is 11.3. The molecule has 3 nitrogen and oxygen atoms in total. The Hall–Kier alpha value is -1.58. The highest BCUT2D eigenvalue weighted by Gasteiger charge is 2.17. The number of hydrogen-bond donors (Lipinski definition) is 1. The largest absolute Gasteiger partial charge is 0.478 e. The summed E-state index contributed by atoms with van der Waals surface area (Å²) >= 11 is 11.9. The molecule has 1 aromatic carbocycles. The number of pyridine rings is 1. The first-order valence-electron chi connectivity index (χ1n) is 5.15. The van der Waals surface area contributed by atoms with Gasteiger partial charge in [-0.15, -0.1) is 0 Å². The first-order valence-corrected chi connectivity index (χ1v) is 5.90. The summed E-state index contributed by atoms with van der Waals surface area (Å²) in [5, 5.41) is 10.1. The molecule has 1 N–H and O–H groups in total. The summed E-state index contributed by atoms with van der Waals surface area (Å²) in [4.78, 5) is 15.4. The molecule has 0 saturated carbocycles. The molecule has 0 unspecified atom stereocenters. The maximum atomic E-state index is 11.3. The van der Waals surface area contributed by atoms with Crippen molar-refractivity contribution in [3.63, 3.8) is 0 Å². The third kappa shape index (κ3) is 2.33. The van der Waals surface area contributed by atoms with Crippen LogP contribution in [0, 0.1) is 6.92 Å². The number of nitrogens with zero attached hydrogens (tertiary/aromatic N) is 1. The molecule has 0 bridgehead atoms. The van der Waals surface area contributed by atoms with Crippen molar-refractivity contribution in [2.75, 3.05) is 0 Å². The van der Waals surface area contributed by atoms with Crippen LogP contribution in [0.2, 0.25) is 10.0 Å². The van der Waals surface area contributed by atoms with Gasteiger partial charge in [0.15, 0.2) is 0 Å². The summed E-state index contributed by atoms with van der Waals surface area (Å²) in [5.74, 6) is -1.03. The number of aromatic carboxylic acids is 1. The van der Waals surface area contributed by atoms with Gasteiger partial charge in [0, 0.05) is 16.8 Å². The SMILES string of the molecule is Cc1ccnc(-c2ccc(Cl)cc2Cl)c1C(=O)O. The van der Waals surface area contributed by atoms with Crippen molar-refractivity contribution < 1.29 is 9.90 Å².